The number of benzene rings is 1. The van der Waals surface area contributed by atoms with Crippen molar-refractivity contribution in [1.29, 1.82) is 0 Å². The molecule has 20 heavy (non-hydrogen) atoms. The molecule has 3 nitrogen and oxygen atoms in total. The van der Waals surface area contributed by atoms with Gasteiger partial charge < -0.3 is 11.1 Å². The van der Waals surface area contributed by atoms with Crippen molar-refractivity contribution in [3.05, 3.63) is 35.4 Å². The van der Waals surface area contributed by atoms with Gasteiger partial charge in [0.25, 0.3) is 0 Å². The summed E-state index contributed by atoms with van der Waals surface area (Å²) in [6.07, 6.45) is -3.84. The lowest BCUT2D eigenvalue weighted by Crippen LogP contribution is -2.34. The van der Waals surface area contributed by atoms with Gasteiger partial charge in [-0.1, -0.05) is 26.0 Å². The Morgan fingerprint density at radius 3 is 2.50 bits per heavy atom. The Morgan fingerprint density at radius 2 is 2.00 bits per heavy atom. The number of carbonyl (C=O) groups excluding carboxylic acids is 1. The monoisotopic (exact) mass is 288 g/mol. The average molecular weight is 288 g/mol. The molecule has 0 aromatic heterocycles. The summed E-state index contributed by atoms with van der Waals surface area (Å²) in [5.74, 6) is -0.152. The van der Waals surface area contributed by atoms with Gasteiger partial charge in [0.1, 0.15) is 0 Å². The molecule has 1 aromatic rings. The molecule has 0 spiro atoms. The summed E-state index contributed by atoms with van der Waals surface area (Å²) in [5.41, 5.74) is 4.96. The van der Waals surface area contributed by atoms with E-state index in [0.717, 1.165) is 12.1 Å². The average Bonchev–Trinajstić information content (AvgIpc) is 2.36. The van der Waals surface area contributed by atoms with E-state index in [1.54, 1.807) is 6.07 Å². The maximum Gasteiger partial charge on any atom is 0.416 e. The molecule has 0 aliphatic rings. The van der Waals surface area contributed by atoms with Crippen molar-refractivity contribution < 1.29 is 18.0 Å². The number of rotatable bonds is 5. The Balaban J connectivity index is 3.03. The van der Waals surface area contributed by atoms with E-state index >= 15 is 0 Å². The van der Waals surface area contributed by atoms with E-state index < -0.39 is 17.8 Å². The van der Waals surface area contributed by atoms with E-state index in [9.17, 15) is 18.0 Å². The highest BCUT2D eigenvalue weighted by molar-refractivity contribution is 5.78. The van der Waals surface area contributed by atoms with Crippen LogP contribution in [0.15, 0.2) is 24.3 Å². The molecule has 0 aliphatic heterocycles. The molecule has 0 bridgehead atoms. The van der Waals surface area contributed by atoms with Gasteiger partial charge in [-0.2, -0.15) is 13.2 Å². The largest absolute Gasteiger partial charge is 0.416 e. The lowest BCUT2D eigenvalue weighted by molar-refractivity contribution is -0.137. The zero-order valence-corrected chi connectivity index (χ0v) is 11.5. The number of amides is 1. The van der Waals surface area contributed by atoms with Crippen LogP contribution in [0, 0.1) is 5.92 Å². The summed E-state index contributed by atoms with van der Waals surface area (Å²) in [6, 6.07) is 4.55. The topological polar surface area (TPSA) is 55.1 Å². The number of hydrogen-bond acceptors (Lipinski definition) is 2. The van der Waals surface area contributed by atoms with Gasteiger partial charge in [-0.25, -0.2) is 0 Å². The van der Waals surface area contributed by atoms with Crippen molar-refractivity contribution in [3.8, 4) is 0 Å². The molecule has 6 heteroatoms. The van der Waals surface area contributed by atoms with Crippen LogP contribution in [0.2, 0.25) is 0 Å². The van der Waals surface area contributed by atoms with Gasteiger partial charge in [-0.05, 0) is 30.0 Å². The molecule has 0 radical (unpaired) electrons. The molecule has 0 saturated carbocycles. The number of carbonyl (C=O) groups is 1. The Labute approximate surface area is 116 Å². The van der Waals surface area contributed by atoms with Crippen molar-refractivity contribution in [3.63, 3.8) is 0 Å². The second-order valence-corrected chi connectivity index (χ2v) is 5.08. The summed E-state index contributed by atoms with van der Waals surface area (Å²) in [4.78, 5) is 11.4. The molecule has 1 amide bonds. The minimum atomic E-state index is -4.39. The first-order valence-electron chi connectivity index (χ1n) is 6.40. The zero-order chi connectivity index (χ0) is 15.3. The van der Waals surface area contributed by atoms with Crippen LogP contribution >= 0.6 is 0 Å². The van der Waals surface area contributed by atoms with Crippen LogP contribution in [0.25, 0.3) is 0 Å². The smallest absolute Gasteiger partial charge is 0.348 e. The summed E-state index contributed by atoms with van der Waals surface area (Å²) >= 11 is 0. The van der Waals surface area contributed by atoms with Crippen LogP contribution in [0.5, 0.6) is 0 Å². The van der Waals surface area contributed by atoms with Crippen LogP contribution < -0.4 is 11.1 Å². The first-order valence-corrected chi connectivity index (χ1v) is 6.40. The third-order valence-corrected chi connectivity index (χ3v) is 2.84. The van der Waals surface area contributed by atoms with E-state index in [2.05, 4.69) is 5.32 Å². The summed E-state index contributed by atoms with van der Waals surface area (Å²) in [7, 11) is 0. The fourth-order valence-corrected chi connectivity index (χ4v) is 1.93. The third-order valence-electron chi connectivity index (χ3n) is 2.84. The molecular formula is C14H19F3N2O. The van der Waals surface area contributed by atoms with Gasteiger partial charge in [0.05, 0.1) is 18.2 Å². The molecule has 0 fully saturated rings. The minimum absolute atomic E-state index is 0.187. The second kappa shape index (κ2) is 6.74. The number of nitrogens with two attached hydrogens (primary N) is 1. The predicted molar refractivity (Wildman–Crippen MR) is 70.8 cm³/mol. The maximum absolute atomic E-state index is 12.7. The van der Waals surface area contributed by atoms with Crippen LogP contribution in [0.4, 0.5) is 13.2 Å². The quantitative estimate of drug-likeness (QED) is 0.875. The maximum atomic E-state index is 12.7. The predicted octanol–water partition coefficient (Wildman–Crippen LogP) is 2.87. The molecule has 1 atom stereocenters. The molecule has 1 rings (SSSR count). The van der Waals surface area contributed by atoms with Crippen molar-refractivity contribution in [1.82, 2.24) is 5.32 Å². The molecule has 1 unspecified atom stereocenters. The highest BCUT2D eigenvalue weighted by Gasteiger charge is 2.31. The fraction of sp³-hybridized carbons (Fsp3) is 0.500. The van der Waals surface area contributed by atoms with Gasteiger partial charge in [0, 0.05) is 0 Å². The number of alkyl halides is 3. The first-order chi connectivity index (χ1) is 9.24. The highest BCUT2D eigenvalue weighted by Crippen LogP contribution is 2.31. The van der Waals surface area contributed by atoms with E-state index in [1.807, 2.05) is 13.8 Å². The van der Waals surface area contributed by atoms with Crippen molar-refractivity contribution in [2.45, 2.75) is 32.5 Å². The van der Waals surface area contributed by atoms with E-state index in [1.165, 1.54) is 6.07 Å². The molecular weight excluding hydrogens is 269 g/mol. The molecule has 0 saturated heterocycles. The SMILES string of the molecule is CC(C)CC(NC(=O)CN)c1cccc(C(F)(F)F)c1. The number of hydrogen-bond donors (Lipinski definition) is 2. The van der Waals surface area contributed by atoms with Gasteiger partial charge in [-0.3, -0.25) is 4.79 Å². The molecule has 0 heterocycles. The van der Waals surface area contributed by atoms with E-state index in [0.29, 0.717) is 12.0 Å². The standard InChI is InChI=1S/C14H19F3N2O/c1-9(2)6-12(19-13(20)8-18)10-4-3-5-11(7-10)14(15,16)17/h3-5,7,9,12H,6,8,18H2,1-2H3,(H,19,20). The van der Waals surface area contributed by atoms with Crippen LogP contribution in [-0.2, 0) is 11.0 Å². The Kier molecular flexibility index (Phi) is 5.56. The number of halogens is 3. The highest BCUT2D eigenvalue weighted by atomic mass is 19.4. The minimum Gasteiger partial charge on any atom is -0.348 e. The first kappa shape index (κ1) is 16.5. The summed E-state index contributed by atoms with van der Waals surface area (Å²) in [6.45, 7) is 3.69. The second-order valence-electron chi connectivity index (χ2n) is 5.08. The third kappa shape index (κ3) is 4.85. The van der Waals surface area contributed by atoms with Crippen molar-refractivity contribution in [2.24, 2.45) is 11.7 Å². The Morgan fingerprint density at radius 1 is 1.35 bits per heavy atom. The van der Waals surface area contributed by atoms with Crippen molar-refractivity contribution >= 4 is 5.91 Å². The molecule has 3 N–H and O–H groups in total. The zero-order valence-electron chi connectivity index (χ0n) is 11.5. The van der Waals surface area contributed by atoms with Gasteiger partial charge in [0.15, 0.2) is 0 Å². The van der Waals surface area contributed by atoms with Gasteiger partial charge in [0.2, 0.25) is 5.91 Å². The van der Waals surface area contributed by atoms with Crippen LogP contribution in [0.3, 0.4) is 0 Å². The fourth-order valence-electron chi connectivity index (χ4n) is 1.93. The summed E-state index contributed by atoms with van der Waals surface area (Å²) in [5, 5.41) is 2.66. The van der Waals surface area contributed by atoms with Gasteiger partial charge in [-0.15, -0.1) is 0 Å². The Hall–Kier alpha value is -1.56. The van der Waals surface area contributed by atoms with Gasteiger partial charge >= 0.3 is 6.18 Å². The van der Waals surface area contributed by atoms with Crippen LogP contribution in [0.1, 0.15) is 37.4 Å². The Bertz CT molecular complexity index is 458. The lowest BCUT2D eigenvalue weighted by Gasteiger charge is -2.22. The van der Waals surface area contributed by atoms with Crippen molar-refractivity contribution in [2.75, 3.05) is 6.54 Å². The summed E-state index contributed by atoms with van der Waals surface area (Å²) < 4.78 is 38.1. The van der Waals surface area contributed by atoms with E-state index in [-0.39, 0.29) is 18.4 Å². The molecule has 112 valence electrons. The normalized spacial score (nSPS) is 13.3. The molecule has 0 aliphatic carbocycles. The van der Waals surface area contributed by atoms with E-state index in [4.69, 9.17) is 5.73 Å². The lowest BCUT2D eigenvalue weighted by atomic mass is 9.95. The molecule has 1 aromatic carbocycles. The number of nitrogens with one attached hydrogen (secondary N) is 1. The van der Waals surface area contributed by atoms with Crippen LogP contribution in [-0.4, -0.2) is 12.5 Å².